The number of nitrogens with zero attached hydrogens (tertiary/aromatic N) is 3. The molecular weight excluding hydrogens is 391 g/mol. The Kier molecular flexibility index (Phi) is 4.28. The van der Waals surface area contributed by atoms with Gasteiger partial charge in [0, 0.05) is 28.1 Å². The molecule has 154 valence electrons. The standard InChI is InChI=1S/C24H21FN6/c25-18-6-2-1-4-15(18)16-5-3-7-19-22(16)29-24(28-19)23-17-12-20(14-8-10-26-11-9-14)27-13-21(17)30-31-23/h1-7,12-14,26H,8-11H2,(H,28,29)(H,30,31). The van der Waals surface area contributed by atoms with E-state index in [-0.39, 0.29) is 5.82 Å². The van der Waals surface area contributed by atoms with Gasteiger partial charge in [-0.15, -0.1) is 0 Å². The Bertz CT molecular complexity index is 1400. The highest BCUT2D eigenvalue weighted by atomic mass is 19.1. The fourth-order valence-corrected chi connectivity index (χ4v) is 4.50. The van der Waals surface area contributed by atoms with Crippen LogP contribution in [0.3, 0.4) is 0 Å². The molecule has 0 aliphatic carbocycles. The number of aromatic nitrogens is 5. The van der Waals surface area contributed by atoms with E-state index < -0.39 is 0 Å². The van der Waals surface area contributed by atoms with Crippen molar-refractivity contribution < 1.29 is 4.39 Å². The molecule has 3 N–H and O–H groups in total. The molecule has 4 heterocycles. The summed E-state index contributed by atoms with van der Waals surface area (Å²) in [4.78, 5) is 12.9. The predicted molar refractivity (Wildman–Crippen MR) is 119 cm³/mol. The molecule has 0 amide bonds. The zero-order valence-corrected chi connectivity index (χ0v) is 16.8. The third-order valence-electron chi connectivity index (χ3n) is 6.13. The second-order valence-electron chi connectivity index (χ2n) is 8.02. The number of imidazole rings is 1. The number of hydrogen-bond acceptors (Lipinski definition) is 4. The summed E-state index contributed by atoms with van der Waals surface area (Å²) in [5.41, 5.74) is 5.60. The van der Waals surface area contributed by atoms with Gasteiger partial charge in [0.25, 0.3) is 0 Å². The van der Waals surface area contributed by atoms with E-state index >= 15 is 0 Å². The Morgan fingerprint density at radius 2 is 1.77 bits per heavy atom. The van der Waals surface area contributed by atoms with E-state index in [0.29, 0.717) is 17.3 Å². The van der Waals surface area contributed by atoms with Crippen LogP contribution in [0.5, 0.6) is 0 Å². The maximum Gasteiger partial charge on any atom is 0.159 e. The lowest BCUT2D eigenvalue weighted by molar-refractivity contribution is 0.453. The van der Waals surface area contributed by atoms with E-state index in [1.165, 1.54) is 6.07 Å². The van der Waals surface area contributed by atoms with Crippen LogP contribution >= 0.6 is 0 Å². The topological polar surface area (TPSA) is 82.3 Å². The maximum absolute atomic E-state index is 14.4. The number of piperidine rings is 1. The van der Waals surface area contributed by atoms with E-state index in [1.54, 1.807) is 12.1 Å². The molecule has 1 saturated heterocycles. The first-order valence-electron chi connectivity index (χ1n) is 10.6. The lowest BCUT2D eigenvalue weighted by Crippen LogP contribution is -2.27. The van der Waals surface area contributed by atoms with Crippen molar-refractivity contribution in [1.82, 2.24) is 30.5 Å². The highest BCUT2D eigenvalue weighted by Crippen LogP contribution is 2.33. The molecule has 6 nitrogen and oxygen atoms in total. The lowest BCUT2D eigenvalue weighted by atomic mass is 9.93. The molecule has 1 aliphatic heterocycles. The molecule has 3 aromatic heterocycles. The third-order valence-corrected chi connectivity index (χ3v) is 6.13. The number of halogens is 1. The van der Waals surface area contributed by atoms with Crippen molar-refractivity contribution >= 4 is 21.9 Å². The Balaban J connectivity index is 1.48. The minimum atomic E-state index is -0.262. The minimum Gasteiger partial charge on any atom is -0.337 e. The Labute approximate surface area is 177 Å². The molecule has 0 atom stereocenters. The van der Waals surface area contributed by atoms with Crippen molar-refractivity contribution in [2.45, 2.75) is 18.8 Å². The number of rotatable bonds is 3. The van der Waals surface area contributed by atoms with Gasteiger partial charge >= 0.3 is 0 Å². The molecule has 0 radical (unpaired) electrons. The van der Waals surface area contributed by atoms with Crippen molar-refractivity contribution in [2.75, 3.05) is 13.1 Å². The second kappa shape index (κ2) is 7.28. The van der Waals surface area contributed by atoms with Gasteiger partial charge in [0.05, 0.1) is 22.7 Å². The van der Waals surface area contributed by atoms with Gasteiger partial charge in [-0.2, -0.15) is 5.10 Å². The van der Waals surface area contributed by atoms with E-state index in [0.717, 1.165) is 64.8 Å². The van der Waals surface area contributed by atoms with Gasteiger partial charge in [0.15, 0.2) is 5.82 Å². The summed E-state index contributed by atoms with van der Waals surface area (Å²) in [6.45, 7) is 2.04. The summed E-state index contributed by atoms with van der Waals surface area (Å²) in [5.74, 6) is 0.853. The van der Waals surface area contributed by atoms with Crippen LogP contribution in [-0.2, 0) is 0 Å². The molecule has 1 aliphatic rings. The van der Waals surface area contributed by atoms with Gasteiger partial charge in [-0.05, 0) is 44.1 Å². The molecule has 6 rings (SSSR count). The Hall–Kier alpha value is -3.58. The number of fused-ring (bicyclic) bond motifs is 2. The van der Waals surface area contributed by atoms with Crippen LogP contribution in [0.25, 0.3) is 44.6 Å². The van der Waals surface area contributed by atoms with Crippen molar-refractivity contribution in [3.8, 4) is 22.6 Å². The fourth-order valence-electron chi connectivity index (χ4n) is 4.50. The largest absolute Gasteiger partial charge is 0.337 e. The van der Waals surface area contributed by atoms with Gasteiger partial charge < -0.3 is 10.3 Å². The number of benzene rings is 2. The van der Waals surface area contributed by atoms with Gasteiger partial charge in [-0.3, -0.25) is 10.1 Å². The average Bonchev–Trinajstić information content (AvgIpc) is 3.43. The number of hydrogen-bond donors (Lipinski definition) is 3. The summed E-state index contributed by atoms with van der Waals surface area (Å²) >= 11 is 0. The van der Waals surface area contributed by atoms with Crippen molar-refractivity contribution in [3.63, 3.8) is 0 Å². The first-order valence-corrected chi connectivity index (χ1v) is 10.6. The maximum atomic E-state index is 14.4. The summed E-state index contributed by atoms with van der Waals surface area (Å²) in [7, 11) is 0. The molecule has 0 bridgehead atoms. The van der Waals surface area contributed by atoms with Crippen LogP contribution in [-0.4, -0.2) is 38.2 Å². The molecule has 0 unspecified atom stereocenters. The number of H-pyrrole nitrogens is 2. The molecular formula is C24H21FN6. The quantitative estimate of drug-likeness (QED) is 0.399. The van der Waals surface area contributed by atoms with Crippen molar-refractivity contribution in [2.24, 2.45) is 0 Å². The van der Waals surface area contributed by atoms with Gasteiger partial charge in [-0.1, -0.05) is 30.3 Å². The highest BCUT2D eigenvalue weighted by molar-refractivity contribution is 5.97. The average molecular weight is 412 g/mol. The van der Waals surface area contributed by atoms with Crippen molar-refractivity contribution in [1.29, 1.82) is 0 Å². The van der Waals surface area contributed by atoms with Crippen molar-refractivity contribution in [3.05, 3.63) is 66.2 Å². The zero-order valence-electron chi connectivity index (χ0n) is 16.8. The van der Waals surface area contributed by atoms with E-state index in [4.69, 9.17) is 4.98 Å². The fraction of sp³-hybridized carbons (Fsp3) is 0.208. The van der Waals surface area contributed by atoms with Crippen LogP contribution in [0.4, 0.5) is 4.39 Å². The number of pyridine rings is 1. The van der Waals surface area contributed by atoms with Crippen LogP contribution < -0.4 is 5.32 Å². The first-order chi connectivity index (χ1) is 15.3. The van der Waals surface area contributed by atoms with Crippen LogP contribution in [0.15, 0.2) is 54.7 Å². The lowest BCUT2D eigenvalue weighted by Gasteiger charge is -2.21. The number of para-hydroxylation sites is 1. The number of nitrogens with one attached hydrogen (secondary N) is 3. The van der Waals surface area contributed by atoms with E-state index in [1.807, 2.05) is 30.5 Å². The summed E-state index contributed by atoms with van der Waals surface area (Å²) < 4.78 is 14.4. The summed E-state index contributed by atoms with van der Waals surface area (Å²) in [6.07, 6.45) is 4.03. The second-order valence-corrected chi connectivity index (χ2v) is 8.02. The van der Waals surface area contributed by atoms with Crippen LogP contribution in [0.1, 0.15) is 24.5 Å². The van der Waals surface area contributed by atoms with Gasteiger partial charge in [0.1, 0.15) is 11.5 Å². The van der Waals surface area contributed by atoms with Gasteiger partial charge in [0.2, 0.25) is 0 Å². The Morgan fingerprint density at radius 3 is 2.65 bits per heavy atom. The molecule has 0 saturated carbocycles. The molecule has 7 heteroatoms. The van der Waals surface area contributed by atoms with Crippen LogP contribution in [0.2, 0.25) is 0 Å². The smallest absolute Gasteiger partial charge is 0.159 e. The third kappa shape index (κ3) is 3.09. The monoisotopic (exact) mass is 412 g/mol. The Morgan fingerprint density at radius 1 is 0.935 bits per heavy atom. The minimum absolute atomic E-state index is 0.262. The normalized spacial score (nSPS) is 15.1. The predicted octanol–water partition coefficient (Wildman–Crippen LogP) is 4.77. The molecule has 31 heavy (non-hydrogen) atoms. The van der Waals surface area contributed by atoms with E-state index in [9.17, 15) is 4.39 Å². The molecule has 5 aromatic rings. The molecule has 1 fully saturated rings. The summed E-state index contributed by atoms with van der Waals surface area (Å²) in [6, 6.07) is 14.7. The summed E-state index contributed by atoms with van der Waals surface area (Å²) in [5, 5.41) is 12.0. The van der Waals surface area contributed by atoms with E-state index in [2.05, 4.69) is 31.5 Å². The highest BCUT2D eigenvalue weighted by Gasteiger charge is 2.20. The molecule has 0 spiro atoms. The number of aromatic amines is 2. The first kappa shape index (κ1) is 18.2. The van der Waals surface area contributed by atoms with Crippen LogP contribution in [0, 0.1) is 5.82 Å². The zero-order chi connectivity index (χ0) is 20.8. The molecule has 2 aromatic carbocycles. The SMILES string of the molecule is Fc1ccccc1-c1cccc2[nH]c(-c3n[nH]c4cnc(C5CCNCC5)cc34)nc12. The van der Waals surface area contributed by atoms with Gasteiger partial charge in [-0.25, -0.2) is 9.37 Å².